The maximum Gasteiger partial charge on any atom is -0.00218 e. The molecular formula is C8H13. The summed E-state index contributed by atoms with van der Waals surface area (Å²) in [6.07, 6.45) is 10.8. The highest BCUT2D eigenvalue weighted by atomic mass is 14.1. The molecule has 0 fully saturated rings. The van der Waals surface area contributed by atoms with Gasteiger partial charge in [-0.2, -0.15) is 0 Å². The molecule has 0 saturated heterocycles. The molecule has 0 heterocycles. The molecule has 0 nitrogen and oxygen atoms in total. The summed E-state index contributed by atoms with van der Waals surface area (Å²) in [6.45, 7) is 2.23. The molecule has 0 N–H and O–H groups in total. The molecule has 8 heavy (non-hydrogen) atoms. The number of rotatable bonds is 4. The summed E-state index contributed by atoms with van der Waals surface area (Å²) in [5, 5.41) is 0. The Labute approximate surface area is 51.6 Å². The first-order valence-corrected chi connectivity index (χ1v) is 3.45. The van der Waals surface area contributed by atoms with Gasteiger partial charge in [-0.1, -0.05) is 31.9 Å². The molecule has 0 heteroatoms. The highest BCUT2D eigenvalue weighted by molar-refractivity contribution is 5.18. The standard InChI is InChI=1S/C8H13/c1-2-3-4-5-8-6-7-8/h5-8H,2-4H2,1H3. The summed E-state index contributed by atoms with van der Waals surface area (Å²) < 4.78 is 0. The lowest BCUT2D eigenvalue weighted by molar-refractivity contribution is 0.756. The van der Waals surface area contributed by atoms with E-state index in [0.717, 1.165) is 5.92 Å². The Morgan fingerprint density at radius 2 is 2.25 bits per heavy atom. The second-order valence-corrected chi connectivity index (χ2v) is 2.34. The van der Waals surface area contributed by atoms with Gasteiger partial charge in [0, 0.05) is 0 Å². The van der Waals surface area contributed by atoms with E-state index in [4.69, 9.17) is 0 Å². The zero-order valence-corrected chi connectivity index (χ0v) is 5.43. The number of allylic oxidation sites excluding steroid dienone is 2. The van der Waals surface area contributed by atoms with Crippen LogP contribution in [0.15, 0.2) is 12.2 Å². The molecule has 0 amide bonds. The predicted octanol–water partition coefficient (Wildman–Crippen LogP) is 2.57. The molecule has 0 aromatic rings. The van der Waals surface area contributed by atoms with Gasteiger partial charge in [0.1, 0.15) is 0 Å². The van der Waals surface area contributed by atoms with E-state index in [1.165, 1.54) is 19.3 Å². The molecule has 0 aromatic heterocycles. The van der Waals surface area contributed by atoms with Gasteiger partial charge >= 0.3 is 0 Å². The summed E-state index contributed by atoms with van der Waals surface area (Å²) in [4.78, 5) is 0. The van der Waals surface area contributed by atoms with E-state index in [2.05, 4.69) is 25.5 Å². The van der Waals surface area contributed by atoms with Gasteiger partial charge in [0.15, 0.2) is 0 Å². The van der Waals surface area contributed by atoms with Gasteiger partial charge in [0.05, 0.1) is 0 Å². The highest BCUT2D eigenvalue weighted by Gasteiger charge is 2.08. The lowest BCUT2D eigenvalue weighted by Gasteiger charge is -1.92. The Bertz CT molecular complexity index is 76.0. The monoisotopic (exact) mass is 109 g/mol. The molecule has 0 saturated carbocycles. The molecular weight excluding hydrogens is 96.1 g/mol. The van der Waals surface area contributed by atoms with Crippen LogP contribution in [-0.4, -0.2) is 0 Å². The van der Waals surface area contributed by atoms with Crippen molar-refractivity contribution >= 4 is 0 Å². The normalized spacial score (nSPS) is 17.1. The van der Waals surface area contributed by atoms with Crippen LogP contribution in [0.2, 0.25) is 0 Å². The maximum absolute atomic E-state index is 2.38. The van der Waals surface area contributed by atoms with Gasteiger partial charge < -0.3 is 0 Å². The number of unbranched alkanes of at least 4 members (excludes halogenated alkanes) is 2. The van der Waals surface area contributed by atoms with Crippen molar-refractivity contribution in [2.75, 3.05) is 0 Å². The third-order valence-electron chi connectivity index (χ3n) is 1.41. The molecule has 0 spiro atoms. The van der Waals surface area contributed by atoms with Crippen LogP contribution in [-0.2, 0) is 0 Å². The van der Waals surface area contributed by atoms with Crippen LogP contribution in [0.1, 0.15) is 26.2 Å². The fourth-order valence-corrected chi connectivity index (χ4v) is 0.736. The van der Waals surface area contributed by atoms with Crippen molar-refractivity contribution in [3.63, 3.8) is 0 Å². The van der Waals surface area contributed by atoms with Gasteiger partial charge in [-0.25, -0.2) is 0 Å². The summed E-state index contributed by atoms with van der Waals surface area (Å²) in [7, 11) is 0. The first-order valence-electron chi connectivity index (χ1n) is 3.45. The van der Waals surface area contributed by atoms with Crippen molar-refractivity contribution in [2.45, 2.75) is 26.2 Å². The minimum Gasteiger partial charge on any atom is -0.0807 e. The van der Waals surface area contributed by atoms with Crippen molar-refractivity contribution in [3.05, 3.63) is 18.6 Å². The van der Waals surface area contributed by atoms with Gasteiger partial charge in [-0.05, 0) is 18.8 Å². The van der Waals surface area contributed by atoms with Gasteiger partial charge in [0.25, 0.3) is 0 Å². The zero-order chi connectivity index (χ0) is 5.82. The van der Waals surface area contributed by atoms with Crippen molar-refractivity contribution in [2.24, 2.45) is 5.92 Å². The fraction of sp³-hybridized carbons (Fsp3) is 0.625. The van der Waals surface area contributed by atoms with Crippen molar-refractivity contribution in [1.29, 1.82) is 0 Å². The smallest absolute Gasteiger partial charge is 0.00218 e. The van der Waals surface area contributed by atoms with Crippen molar-refractivity contribution in [1.82, 2.24) is 0 Å². The third-order valence-corrected chi connectivity index (χ3v) is 1.41. The molecule has 0 unspecified atom stereocenters. The van der Waals surface area contributed by atoms with Gasteiger partial charge in [-0.15, -0.1) is 0 Å². The van der Waals surface area contributed by atoms with Gasteiger partial charge in [-0.3, -0.25) is 0 Å². The molecule has 1 rings (SSSR count). The van der Waals surface area contributed by atoms with Crippen LogP contribution < -0.4 is 0 Å². The number of hydrogen-bond acceptors (Lipinski definition) is 0. The molecule has 0 aromatic carbocycles. The van der Waals surface area contributed by atoms with Crippen LogP contribution in [0, 0.1) is 12.3 Å². The Morgan fingerprint density at radius 3 is 2.75 bits per heavy atom. The van der Waals surface area contributed by atoms with E-state index in [9.17, 15) is 0 Å². The Morgan fingerprint density at radius 1 is 1.50 bits per heavy atom. The number of hydrogen-bond donors (Lipinski definition) is 0. The molecule has 45 valence electrons. The second-order valence-electron chi connectivity index (χ2n) is 2.34. The van der Waals surface area contributed by atoms with E-state index in [1.54, 1.807) is 0 Å². The van der Waals surface area contributed by atoms with Gasteiger partial charge in [0.2, 0.25) is 0 Å². The van der Waals surface area contributed by atoms with E-state index in [1.807, 2.05) is 0 Å². The Kier molecular flexibility index (Phi) is 2.13. The van der Waals surface area contributed by atoms with Crippen LogP contribution in [0.5, 0.6) is 0 Å². The molecule has 1 aliphatic rings. The predicted molar refractivity (Wildman–Crippen MR) is 36.5 cm³/mol. The molecule has 0 aliphatic heterocycles. The lowest BCUT2D eigenvalue weighted by atomic mass is 10.1. The average Bonchev–Trinajstić information content (AvgIpc) is 2.51. The van der Waals surface area contributed by atoms with E-state index in [-0.39, 0.29) is 0 Å². The molecule has 1 aliphatic carbocycles. The average molecular weight is 109 g/mol. The van der Waals surface area contributed by atoms with Crippen molar-refractivity contribution < 1.29 is 0 Å². The van der Waals surface area contributed by atoms with Crippen LogP contribution in [0.4, 0.5) is 0 Å². The summed E-state index contributed by atoms with van der Waals surface area (Å²) in [5.74, 6) is 0.779. The summed E-state index contributed by atoms with van der Waals surface area (Å²) in [5.41, 5.74) is 0. The zero-order valence-electron chi connectivity index (χ0n) is 5.43. The Hall–Kier alpha value is -0.260. The lowest BCUT2D eigenvalue weighted by Crippen LogP contribution is -1.79. The first kappa shape index (κ1) is 5.87. The molecule has 0 bridgehead atoms. The summed E-state index contributed by atoms with van der Waals surface area (Å²) >= 11 is 0. The SMILES string of the molecule is CCCC[CH]C1C=C1. The van der Waals surface area contributed by atoms with Crippen LogP contribution in [0.3, 0.4) is 0 Å². The minimum atomic E-state index is 0.779. The highest BCUT2D eigenvalue weighted by Crippen LogP contribution is 2.21. The van der Waals surface area contributed by atoms with Crippen LogP contribution >= 0.6 is 0 Å². The largest absolute Gasteiger partial charge is 0.0807 e. The molecule has 1 radical (unpaired) electrons. The second kappa shape index (κ2) is 2.91. The Balaban J connectivity index is 1.75. The van der Waals surface area contributed by atoms with Crippen LogP contribution in [0.25, 0.3) is 0 Å². The van der Waals surface area contributed by atoms with E-state index >= 15 is 0 Å². The minimum absolute atomic E-state index is 0.779. The topological polar surface area (TPSA) is 0 Å². The quantitative estimate of drug-likeness (QED) is 0.384. The molecule has 0 atom stereocenters. The van der Waals surface area contributed by atoms with E-state index < -0.39 is 0 Å². The third kappa shape index (κ3) is 2.15. The maximum atomic E-state index is 2.38. The first-order chi connectivity index (χ1) is 3.93. The summed E-state index contributed by atoms with van der Waals surface area (Å²) in [6, 6.07) is 0. The van der Waals surface area contributed by atoms with Crippen molar-refractivity contribution in [3.8, 4) is 0 Å². The van der Waals surface area contributed by atoms with E-state index in [0.29, 0.717) is 0 Å². The fourth-order valence-electron chi connectivity index (χ4n) is 0.736.